The van der Waals surface area contributed by atoms with Gasteiger partial charge in [-0.2, -0.15) is 0 Å². The van der Waals surface area contributed by atoms with Crippen molar-refractivity contribution in [2.75, 3.05) is 38.6 Å². The number of aliphatic carboxylic acids is 1. The molecule has 0 saturated carbocycles. The highest BCUT2D eigenvalue weighted by atomic mass is 16.4. The molecule has 0 spiro atoms. The van der Waals surface area contributed by atoms with Crippen LogP contribution in [0.5, 0.6) is 0 Å². The lowest BCUT2D eigenvalue weighted by Gasteiger charge is -2.23. The number of anilines is 1. The van der Waals surface area contributed by atoms with E-state index in [1.54, 1.807) is 0 Å². The van der Waals surface area contributed by atoms with Gasteiger partial charge < -0.3 is 14.9 Å². The van der Waals surface area contributed by atoms with E-state index in [1.807, 2.05) is 37.2 Å². The zero-order valence-corrected chi connectivity index (χ0v) is 10.5. The smallest absolute Gasteiger partial charge is 0.304 e. The SMILES string of the molecule is CN(CCC(=O)O)CCN(C)c1ccccc1. The molecule has 0 aromatic heterocycles. The summed E-state index contributed by atoms with van der Waals surface area (Å²) >= 11 is 0. The Morgan fingerprint density at radius 2 is 1.76 bits per heavy atom. The third kappa shape index (κ3) is 5.36. The lowest BCUT2D eigenvalue weighted by Crippen LogP contribution is -2.32. The van der Waals surface area contributed by atoms with E-state index in [1.165, 1.54) is 5.69 Å². The molecule has 4 nitrogen and oxygen atoms in total. The van der Waals surface area contributed by atoms with Crippen LogP contribution in [0, 0.1) is 0 Å². The summed E-state index contributed by atoms with van der Waals surface area (Å²) in [6.07, 6.45) is 0.200. The first-order valence-corrected chi connectivity index (χ1v) is 5.76. The number of hydrogen-bond donors (Lipinski definition) is 1. The molecule has 1 aromatic rings. The Kier molecular flexibility index (Phi) is 5.49. The number of carboxylic acid groups (broad SMARTS) is 1. The van der Waals surface area contributed by atoms with Crippen molar-refractivity contribution in [1.82, 2.24) is 4.90 Å². The van der Waals surface area contributed by atoms with Crippen LogP contribution in [-0.2, 0) is 4.79 Å². The molecule has 0 atom stereocenters. The van der Waals surface area contributed by atoms with Gasteiger partial charge in [0.05, 0.1) is 6.42 Å². The van der Waals surface area contributed by atoms with Crippen LogP contribution >= 0.6 is 0 Å². The number of nitrogens with zero attached hydrogens (tertiary/aromatic N) is 2. The van der Waals surface area contributed by atoms with E-state index in [0.29, 0.717) is 6.54 Å². The van der Waals surface area contributed by atoms with Gasteiger partial charge in [-0.15, -0.1) is 0 Å². The van der Waals surface area contributed by atoms with Crippen LogP contribution in [-0.4, -0.2) is 49.7 Å². The predicted octanol–water partition coefficient (Wildman–Crippen LogP) is 1.53. The van der Waals surface area contributed by atoms with Gasteiger partial charge in [0.25, 0.3) is 0 Å². The van der Waals surface area contributed by atoms with Crippen LogP contribution in [0.1, 0.15) is 6.42 Å². The quantitative estimate of drug-likeness (QED) is 0.779. The van der Waals surface area contributed by atoms with Crippen LogP contribution < -0.4 is 4.90 Å². The van der Waals surface area contributed by atoms with E-state index < -0.39 is 5.97 Å². The van der Waals surface area contributed by atoms with Crippen molar-refractivity contribution in [2.45, 2.75) is 6.42 Å². The molecule has 94 valence electrons. The molecular weight excluding hydrogens is 216 g/mol. The molecule has 0 bridgehead atoms. The average Bonchev–Trinajstić information content (AvgIpc) is 2.34. The molecule has 1 rings (SSSR count). The lowest BCUT2D eigenvalue weighted by molar-refractivity contribution is -0.137. The Labute approximate surface area is 102 Å². The summed E-state index contributed by atoms with van der Waals surface area (Å²) in [6.45, 7) is 2.34. The van der Waals surface area contributed by atoms with Gasteiger partial charge in [0.15, 0.2) is 0 Å². The summed E-state index contributed by atoms with van der Waals surface area (Å²) in [4.78, 5) is 14.6. The zero-order chi connectivity index (χ0) is 12.7. The van der Waals surface area contributed by atoms with Crippen molar-refractivity contribution in [2.24, 2.45) is 0 Å². The van der Waals surface area contributed by atoms with Gasteiger partial charge in [0.1, 0.15) is 0 Å². The molecule has 0 heterocycles. The van der Waals surface area contributed by atoms with Crippen molar-refractivity contribution in [1.29, 1.82) is 0 Å². The molecule has 0 fully saturated rings. The number of rotatable bonds is 7. The van der Waals surface area contributed by atoms with Gasteiger partial charge in [-0.1, -0.05) is 18.2 Å². The summed E-state index contributed by atoms with van der Waals surface area (Å²) in [7, 11) is 3.99. The lowest BCUT2D eigenvalue weighted by atomic mass is 10.3. The predicted molar refractivity (Wildman–Crippen MR) is 69.5 cm³/mol. The second-order valence-corrected chi connectivity index (χ2v) is 4.20. The van der Waals surface area contributed by atoms with Gasteiger partial charge in [-0.3, -0.25) is 4.79 Å². The second kappa shape index (κ2) is 6.91. The summed E-state index contributed by atoms with van der Waals surface area (Å²) in [5.41, 5.74) is 1.18. The number of hydrogen-bond acceptors (Lipinski definition) is 3. The van der Waals surface area contributed by atoms with E-state index >= 15 is 0 Å². The molecule has 0 aliphatic heterocycles. The Morgan fingerprint density at radius 3 is 2.35 bits per heavy atom. The van der Waals surface area contributed by atoms with Crippen LogP contribution in [0.15, 0.2) is 30.3 Å². The van der Waals surface area contributed by atoms with E-state index in [0.717, 1.165) is 13.1 Å². The Bertz CT molecular complexity index is 341. The third-order valence-electron chi connectivity index (χ3n) is 2.72. The minimum Gasteiger partial charge on any atom is -0.481 e. The largest absolute Gasteiger partial charge is 0.481 e. The second-order valence-electron chi connectivity index (χ2n) is 4.20. The fraction of sp³-hybridized carbons (Fsp3) is 0.462. The summed E-state index contributed by atoms with van der Waals surface area (Å²) in [5.74, 6) is -0.742. The first-order valence-electron chi connectivity index (χ1n) is 5.76. The van der Waals surface area contributed by atoms with Crippen LogP contribution in [0.2, 0.25) is 0 Å². The summed E-state index contributed by atoms with van der Waals surface area (Å²) in [6, 6.07) is 10.2. The topological polar surface area (TPSA) is 43.8 Å². The molecule has 1 N–H and O–H groups in total. The van der Waals surface area contributed by atoms with E-state index in [4.69, 9.17) is 5.11 Å². The van der Waals surface area contributed by atoms with Crippen molar-refractivity contribution < 1.29 is 9.90 Å². The number of carbonyl (C=O) groups is 1. The highest BCUT2D eigenvalue weighted by Crippen LogP contribution is 2.10. The maximum Gasteiger partial charge on any atom is 0.304 e. The van der Waals surface area contributed by atoms with E-state index in [9.17, 15) is 4.79 Å². The number of carboxylic acids is 1. The normalized spacial score (nSPS) is 10.5. The van der Waals surface area contributed by atoms with Gasteiger partial charge in [-0.05, 0) is 19.2 Å². The average molecular weight is 236 g/mol. The summed E-state index contributed by atoms with van der Waals surface area (Å²) < 4.78 is 0. The first-order chi connectivity index (χ1) is 8.09. The fourth-order valence-corrected chi connectivity index (χ4v) is 1.53. The van der Waals surface area contributed by atoms with Gasteiger partial charge in [-0.25, -0.2) is 0 Å². The Morgan fingerprint density at radius 1 is 1.12 bits per heavy atom. The van der Waals surface area contributed by atoms with Crippen LogP contribution in [0.4, 0.5) is 5.69 Å². The standard InChI is InChI=1S/C13H20N2O2/c1-14(9-8-13(16)17)10-11-15(2)12-6-4-3-5-7-12/h3-7H,8-11H2,1-2H3,(H,16,17). The van der Waals surface area contributed by atoms with Crippen molar-refractivity contribution >= 4 is 11.7 Å². The molecule has 0 radical (unpaired) electrons. The van der Waals surface area contributed by atoms with Gasteiger partial charge in [0.2, 0.25) is 0 Å². The molecule has 0 aliphatic carbocycles. The maximum absolute atomic E-state index is 10.4. The fourth-order valence-electron chi connectivity index (χ4n) is 1.53. The number of likely N-dealkylation sites (N-methyl/N-ethyl adjacent to an activating group) is 2. The van der Waals surface area contributed by atoms with Crippen molar-refractivity contribution in [3.63, 3.8) is 0 Å². The van der Waals surface area contributed by atoms with E-state index in [2.05, 4.69) is 17.0 Å². The highest BCUT2D eigenvalue weighted by Gasteiger charge is 2.04. The van der Waals surface area contributed by atoms with Crippen molar-refractivity contribution in [3.8, 4) is 0 Å². The van der Waals surface area contributed by atoms with Gasteiger partial charge >= 0.3 is 5.97 Å². The number of benzene rings is 1. The molecule has 17 heavy (non-hydrogen) atoms. The monoisotopic (exact) mass is 236 g/mol. The molecule has 0 unspecified atom stereocenters. The molecule has 0 amide bonds. The first kappa shape index (κ1) is 13.5. The summed E-state index contributed by atoms with van der Waals surface area (Å²) in [5, 5.41) is 8.58. The Balaban J connectivity index is 2.28. The number of para-hydroxylation sites is 1. The van der Waals surface area contributed by atoms with E-state index in [-0.39, 0.29) is 6.42 Å². The minimum absolute atomic E-state index is 0.200. The molecule has 0 saturated heterocycles. The molecule has 0 aliphatic rings. The van der Waals surface area contributed by atoms with Crippen molar-refractivity contribution in [3.05, 3.63) is 30.3 Å². The minimum atomic E-state index is -0.742. The van der Waals surface area contributed by atoms with Gasteiger partial charge in [0, 0.05) is 32.4 Å². The molecule has 1 aromatic carbocycles. The Hall–Kier alpha value is -1.55. The maximum atomic E-state index is 10.4. The van der Waals surface area contributed by atoms with Crippen LogP contribution in [0.25, 0.3) is 0 Å². The zero-order valence-electron chi connectivity index (χ0n) is 10.5. The third-order valence-corrected chi connectivity index (χ3v) is 2.72. The molecular formula is C13H20N2O2. The van der Waals surface area contributed by atoms with Crippen LogP contribution in [0.3, 0.4) is 0 Å². The molecule has 4 heteroatoms. The highest BCUT2D eigenvalue weighted by molar-refractivity contribution is 5.66.